The molecule has 0 aliphatic heterocycles. The molecule has 3 N–H and O–H groups in total. The van der Waals surface area contributed by atoms with E-state index in [2.05, 4.69) is 20.2 Å². The van der Waals surface area contributed by atoms with Gasteiger partial charge in [-0.3, -0.25) is 9.89 Å². The lowest BCUT2D eigenvalue weighted by molar-refractivity contribution is 0.0951. The van der Waals surface area contributed by atoms with Crippen molar-refractivity contribution >= 4 is 26.8 Å². The van der Waals surface area contributed by atoms with Gasteiger partial charge in [0.25, 0.3) is 5.91 Å². The largest absolute Gasteiger partial charge is 0.349 e. The third-order valence-electron chi connectivity index (χ3n) is 4.27. The van der Waals surface area contributed by atoms with Crippen molar-refractivity contribution < 1.29 is 13.2 Å². The van der Waals surface area contributed by atoms with E-state index in [1.54, 1.807) is 19.1 Å². The molecule has 8 heteroatoms. The number of aryl methyl sites for hydroxylation is 3. The minimum Gasteiger partial charge on any atom is -0.349 e. The second-order valence-corrected chi connectivity index (χ2v) is 8.28. The van der Waals surface area contributed by atoms with E-state index in [1.807, 2.05) is 38.1 Å². The standard InChI is InChI=1S/C19H22N4O3S/c1-12-5-7-16-15(10-12)18(23-22-16)19(24)20-8-9-21-27(25,26)17-11-13(2)4-6-14(17)3/h4-7,10-11,21H,8-9H2,1-3H3,(H,20,24)(H,22,23). The fourth-order valence-electron chi connectivity index (χ4n) is 2.82. The Kier molecular flexibility index (Phi) is 5.29. The molecule has 0 saturated heterocycles. The highest BCUT2D eigenvalue weighted by Crippen LogP contribution is 2.18. The quantitative estimate of drug-likeness (QED) is 0.565. The van der Waals surface area contributed by atoms with E-state index < -0.39 is 10.0 Å². The number of rotatable bonds is 6. The van der Waals surface area contributed by atoms with E-state index in [-0.39, 0.29) is 23.9 Å². The summed E-state index contributed by atoms with van der Waals surface area (Å²) in [5.41, 5.74) is 3.65. The van der Waals surface area contributed by atoms with Crippen molar-refractivity contribution in [2.75, 3.05) is 13.1 Å². The van der Waals surface area contributed by atoms with E-state index in [0.29, 0.717) is 11.3 Å². The molecule has 3 aromatic rings. The van der Waals surface area contributed by atoms with Crippen molar-refractivity contribution in [1.82, 2.24) is 20.2 Å². The molecule has 1 aromatic heterocycles. The maximum atomic E-state index is 12.4. The minimum absolute atomic E-state index is 0.0861. The number of carbonyl (C=O) groups excluding carboxylic acids is 1. The van der Waals surface area contributed by atoms with Crippen LogP contribution in [0.2, 0.25) is 0 Å². The van der Waals surface area contributed by atoms with Gasteiger partial charge in [0, 0.05) is 18.5 Å². The number of fused-ring (bicyclic) bond motifs is 1. The first-order valence-electron chi connectivity index (χ1n) is 8.58. The predicted molar refractivity (Wildman–Crippen MR) is 104 cm³/mol. The molecule has 1 amide bonds. The Labute approximate surface area is 158 Å². The number of nitrogens with zero attached hydrogens (tertiary/aromatic N) is 1. The maximum Gasteiger partial charge on any atom is 0.272 e. The molecule has 27 heavy (non-hydrogen) atoms. The summed E-state index contributed by atoms with van der Waals surface area (Å²) in [7, 11) is -3.63. The second-order valence-electron chi connectivity index (χ2n) is 6.54. The number of sulfonamides is 1. The van der Waals surface area contributed by atoms with E-state index in [1.165, 1.54) is 0 Å². The van der Waals surface area contributed by atoms with Crippen LogP contribution in [-0.4, -0.2) is 37.6 Å². The molecule has 0 aliphatic rings. The lowest BCUT2D eigenvalue weighted by Gasteiger charge is -2.10. The van der Waals surface area contributed by atoms with Crippen molar-refractivity contribution in [3.8, 4) is 0 Å². The third-order valence-corrected chi connectivity index (χ3v) is 5.87. The molecule has 1 heterocycles. The fourth-order valence-corrected chi connectivity index (χ4v) is 4.18. The highest BCUT2D eigenvalue weighted by atomic mass is 32.2. The second kappa shape index (κ2) is 7.50. The number of carbonyl (C=O) groups is 1. The van der Waals surface area contributed by atoms with E-state index in [4.69, 9.17) is 0 Å². The maximum absolute atomic E-state index is 12.4. The number of benzene rings is 2. The minimum atomic E-state index is -3.63. The molecule has 142 valence electrons. The van der Waals surface area contributed by atoms with Crippen molar-refractivity contribution in [2.45, 2.75) is 25.7 Å². The van der Waals surface area contributed by atoms with Gasteiger partial charge >= 0.3 is 0 Å². The topological polar surface area (TPSA) is 104 Å². The van der Waals surface area contributed by atoms with Crippen LogP contribution in [-0.2, 0) is 10.0 Å². The summed E-state index contributed by atoms with van der Waals surface area (Å²) in [4.78, 5) is 12.6. The summed E-state index contributed by atoms with van der Waals surface area (Å²) in [5, 5.41) is 10.3. The lowest BCUT2D eigenvalue weighted by Crippen LogP contribution is -2.35. The Balaban J connectivity index is 1.62. The van der Waals surface area contributed by atoms with Crippen LogP contribution in [0.1, 0.15) is 27.2 Å². The average Bonchev–Trinajstić information content (AvgIpc) is 3.03. The molecule has 0 saturated carbocycles. The van der Waals surface area contributed by atoms with E-state index in [0.717, 1.165) is 22.0 Å². The molecule has 0 aliphatic carbocycles. The van der Waals surface area contributed by atoms with Crippen LogP contribution in [0.3, 0.4) is 0 Å². The molecule has 0 unspecified atom stereocenters. The van der Waals surface area contributed by atoms with Crippen LogP contribution in [0.5, 0.6) is 0 Å². The number of aromatic amines is 1. The van der Waals surface area contributed by atoms with Gasteiger partial charge in [0.1, 0.15) is 0 Å². The smallest absolute Gasteiger partial charge is 0.272 e. The van der Waals surface area contributed by atoms with Gasteiger partial charge in [-0.2, -0.15) is 5.10 Å². The number of aromatic nitrogens is 2. The summed E-state index contributed by atoms with van der Waals surface area (Å²) in [6, 6.07) is 11.0. The summed E-state index contributed by atoms with van der Waals surface area (Å²) >= 11 is 0. The highest BCUT2D eigenvalue weighted by Gasteiger charge is 2.17. The van der Waals surface area contributed by atoms with Gasteiger partial charge in [0.05, 0.1) is 10.4 Å². The first-order valence-corrected chi connectivity index (χ1v) is 10.1. The Bertz CT molecular complexity index is 1100. The normalized spacial score (nSPS) is 11.7. The third kappa shape index (κ3) is 4.17. The number of hydrogen-bond donors (Lipinski definition) is 3. The average molecular weight is 386 g/mol. The molecule has 3 rings (SSSR count). The number of amides is 1. The Morgan fingerprint density at radius 2 is 1.74 bits per heavy atom. The van der Waals surface area contributed by atoms with Crippen molar-refractivity contribution in [3.63, 3.8) is 0 Å². The number of hydrogen-bond acceptors (Lipinski definition) is 4. The van der Waals surface area contributed by atoms with Crippen LogP contribution < -0.4 is 10.0 Å². The predicted octanol–water partition coefficient (Wildman–Crippen LogP) is 2.20. The molecular weight excluding hydrogens is 364 g/mol. The zero-order chi connectivity index (χ0) is 19.6. The molecule has 0 bridgehead atoms. The van der Waals surface area contributed by atoms with Gasteiger partial charge in [-0.25, -0.2) is 13.1 Å². The fraction of sp³-hybridized carbons (Fsp3) is 0.263. The van der Waals surface area contributed by atoms with E-state index >= 15 is 0 Å². The van der Waals surface area contributed by atoms with E-state index in [9.17, 15) is 13.2 Å². The zero-order valence-corrected chi connectivity index (χ0v) is 16.3. The van der Waals surface area contributed by atoms with Crippen LogP contribution in [0, 0.1) is 20.8 Å². The van der Waals surface area contributed by atoms with Gasteiger partial charge in [-0.1, -0.05) is 23.8 Å². The van der Waals surface area contributed by atoms with Gasteiger partial charge in [-0.05, 0) is 50.1 Å². The molecule has 2 aromatic carbocycles. The van der Waals surface area contributed by atoms with Crippen molar-refractivity contribution in [1.29, 1.82) is 0 Å². The molecule has 0 atom stereocenters. The molecule has 0 spiro atoms. The zero-order valence-electron chi connectivity index (χ0n) is 15.5. The van der Waals surface area contributed by atoms with Crippen LogP contribution in [0.15, 0.2) is 41.3 Å². The molecule has 0 radical (unpaired) electrons. The molecule has 0 fully saturated rings. The van der Waals surface area contributed by atoms with Crippen LogP contribution in [0.4, 0.5) is 0 Å². The number of H-pyrrole nitrogens is 1. The van der Waals surface area contributed by atoms with Crippen LogP contribution >= 0.6 is 0 Å². The Morgan fingerprint density at radius 3 is 2.52 bits per heavy atom. The summed E-state index contributed by atoms with van der Waals surface area (Å²) in [6.07, 6.45) is 0. The monoisotopic (exact) mass is 386 g/mol. The summed E-state index contributed by atoms with van der Waals surface area (Å²) in [5.74, 6) is -0.349. The lowest BCUT2D eigenvalue weighted by atomic mass is 10.1. The first kappa shape index (κ1) is 19.1. The SMILES string of the molecule is Cc1ccc(C)c(S(=O)(=O)NCCNC(=O)c2n[nH]c3ccc(C)cc23)c1. The van der Waals surface area contributed by atoms with Crippen molar-refractivity contribution in [3.05, 3.63) is 58.8 Å². The Hall–Kier alpha value is -2.71. The molecular formula is C19H22N4O3S. The Morgan fingerprint density at radius 1 is 1.04 bits per heavy atom. The van der Waals surface area contributed by atoms with Gasteiger partial charge in [0.2, 0.25) is 10.0 Å². The highest BCUT2D eigenvalue weighted by molar-refractivity contribution is 7.89. The van der Waals surface area contributed by atoms with Crippen LogP contribution in [0.25, 0.3) is 10.9 Å². The van der Waals surface area contributed by atoms with Gasteiger partial charge in [-0.15, -0.1) is 0 Å². The van der Waals surface area contributed by atoms with Gasteiger partial charge in [0.15, 0.2) is 5.69 Å². The van der Waals surface area contributed by atoms with Crippen molar-refractivity contribution in [2.24, 2.45) is 0 Å². The van der Waals surface area contributed by atoms with Gasteiger partial charge < -0.3 is 5.32 Å². The first-order chi connectivity index (χ1) is 12.8. The number of nitrogens with one attached hydrogen (secondary N) is 3. The summed E-state index contributed by atoms with van der Waals surface area (Å²) < 4.78 is 27.4. The molecule has 7 nitrogen and oxygen atoms in total. The summed E-state index contributed by atoms with van der Waals surface area (Å²) in [6.45, 7) is 5.77.